The first-order chi connectivity index (χ1) is 11.7. The van der Waals surface area contributed by atoms with Crippen molar-refractivity contribution >= 4 is 21.7 Å². The highest BCUT2D eigenvalue weighted by Crippen LogP contribution is 2.18. The zero-order valence-electron chi connectivity index (χ0n) is 14.2. The number of aryl methyl sites for hydroxylation is 1. The molecule has 0 heterocycles. The van der Waals surface area contributed by atoms with Crippen LogP contribution in [0.2, 0.25) is 0 Å². The molecule has 0 radical (unpaired) electrons. The molecular formula is C18H20N2O4S. The lowest BCUT2D eigenvalue weighted by Crippen LogP contribution is -2.39. The van der Waals surface area contributed by atoms with Crippen molar-refractivity contribution in [3.63, 3.8) is 0 Å². The third-order valence-corrected chi connectivity index (χ3v) is 4.91. The Kier molecular flexibility index (Phi) is 5.58. The Balaban J connectivity index is 2.38. The molecule has 0 bridgehead atoms. The third kappa shape index (κ3) is 4.45. The summed E-state index contributed by atoms with van der Waals surface area (Å²) in [4.78, 5) is 24.9. The lowest BCUT2D eigenvalue weighted by Gasteiger charge is -2.18. The molecule has 0 aliphatic carbocycles. The van der Waals surface area contributed by atoms with Gasteiger partial charge in [0.2, 0.25) is 5.91 Å². The monoisotopic (exact) mass is 360 g/mol. The molecular weight excluding hydrogens is 340 g/mol. The first kappa shape index (κ1) is 18.7. The molecule has 2 rings (SSSR count). The summed E-state index contributed by atoms with van der Waals surface area (Å²) in [7, 11) is -1.95. The van der Waals surface area contributed by atoms with Gasteiger partial charge in [-0.2, -0.15) is 0 Å². The number of rotatable bonds is 5. The summed E-state index contributed by atoms with van der Waals surface area (Å²) >= 11 is 0. The summed E-state index contributed by atoms with van der Waals surface area (Å²) in [6.45, 7) is 1.71. The number of likely N-dealkylation sites (N-methyl/N-ethyl adjacent to an activating group) is 1. The Bertz CT molecular complexity index is 893. The number of hydrogen-bond donors (Lipinski definition) is 2. The van der Waals surface area contributed by atoms with E-state index in [-0.39, 0.29) is 16.4 Å². The van der Waals surface area contributed by atoms with Crippen LogP contribution in [0, 0.1) is 6.92 Å². The van der Waals surface area contributed by atoms with E-state index >= 15 is 0 Å². The van der Waals surface area contributed by atoms with Gasteiger partial charge in [0.15, 0.2) is 9.84 Å². The lowest BCUT2D eigenvalue weighted by atomic mass is 10.0. The summed E-state index contributed by atoms with van der Waals surface area (Å²) in [5.74, 6) is -0.878. The van der Waals surface area contributed by atoms with E-state index in [1.165, 1.54) is 19.2 Å². The lowest BCUT2D eigenvalue weighted by molar-refractivity contribution is -0.122. The number of sulfone groups is 1. The zero-order chi connectivity index (χ0) is 18.6. The number of benzene rings is 2. The van der Waals surface area contributed by atoms with Crippen LogP contribution < -0.4 is 10.6 Å². The van der Waals surface area contributed by atoms with Gasteiger partial charge in [-0.15, -0.1) is 0 Å². The molecule has 2 amide bonds. The molecule has 0 saturated carbocycles. The van der Waals surface area contributed by atoms with Crippen LogP contribution in [-0.2, 0) is 14.6 Å². The molecule has 7 heteroatoms. The van der Waals surface area contributed by atoms with Crippen LogP contribution >= 0.6 is 0 Å². The standard InChI is InChI=1S/C18H20N2O4S/c1-12-9-10-14(25(3,23)24)11-15(12)17(21)20-16(18(22)19-2)13-7-5-4-6-8-13/h4-11,16H,1-3H3,(H,19,22)(H,20,21). The Morgan fingerprint density at radius 2 is 1.68 bits per heavy atom. The summed E-state index contributed by atoms with van der Waals surface area (Å²) in [5.41, 5.74) is 1.47. The quantitative estimate of drug-likeness (QED) is 0.847. The molecule has 132 valence electrons. The SMILES string of the molecule is CNC(=O)C(NC(=O)c1cc(S(C)(=O)=O)ccc1C)c1ccccc1. The fourth-order valence-corrected chi connectivity index (χ4v) is 3.02. The van der Waals surface area contributed by atoms with E-state index in [9.17, 15) is 18.0 Å². The van der Waals surface area contributed by atoms with Crippen molar-refractivity contribution in [3.8, 4) is 0 Å². The average Bonchev–Trinajstić information content (AvgIpc) is 2.59. The molecule has 0 aliphatic rings. The van der Waals surface area contributed by atoms with Crippen molar-refractivity contribution in [3.05, 3.63) is 65.2 Å². The fraction of sp³-hybridized carbons (Fsp3) is 0.222. The Morgan fingerprint density at radius 3 is 2.24 bits per heavy atom. The van der Waals surface area contributed by atoms with Gasteiger partial charge in [0.25, 0.3) is 5.91 Å². The van der Waals surface area contributed by atoms with Crippen LogP contribution in [0.1, 0.15) is 27.5 Å². The summed E-state index contributed by atoms with van der Waals surface area (Å²) in [5, 5.41) is 5.20. The van der Waals surface area contributed by atoms with Crippen molar-refractivity contribution in [1.29, 1.82) is 0 Å². The van der Waals surface area contributed by atoms with Crippen molar-refractivity contribution < 1.29 is 18.0 Å². The molecule has 2 aromatic carbocycles. The molecule has 0 spiro atoms. The molecule has 2 N–H and O–H groups in total. The summed E-state index contributed by atoms with van der Waals surface area (Å²) in [6.07, 6.45) is 1.08. The summed E-state index contributed by atoms with van der Waals surface area (Å²) in [6, 6.07) is 12.3. The van der Waals surface area contributed by atoms with Gasteiger partial charge >= 0.3 is 0 Å². The third-order valence-electron chi connectivity index (χ3n) is 3.80. The van der Waals surface area contributed by atoms with Gasteiger partial charge in [-0.05, 0) is 30.2 Å². The van der Waals surface area contributed by atoms with Gasteiger partial charge < -0.3 is 10.6 Å². The highest BCUT2D eigenvalue weighted by molar-refractivity contribution is 7.90. The second-order valence-corrected chi connectivity index (χ2v) is 7.70. The van der Waals surface area contributed by atoms with Crippen LogP contribution in [0.25, 0.3) is 0 Å². The molecule has 25 heavy (non-hydrogen) atoms. The number of carbonyl (C=O) groups excluding carboxylic acids is 2. The van der Waals surface area contributed by atoms with Gasteiger partial charge in [0.1, 0.15) is 6.04 Å². The normalized spacial score (nSPS) is 12.3. The fourth-order valence-electron chi connectivity index (χ4n) is 2.38. The van der Waals surface area contributed by atoms with Crippen LogP contribution in [-0.4, -0.2) is 33.5 Å². The smallest absolute Gasteiger partial charge is 0.252 e. The molecule has 1 unspecified atom stereocenters. The predicted octanol–water partition coefficient (Wildman–Crippen LogP) is 1.62. The predicted molar refractivity (Wildman–Crippen MR) is 95.0 cm³/mol. The largest absolute Gasteiger partial charge is 0.357 e. The van der Waals surface area contributed by atoms with Gasteiger partial charge in [-0.1, -0.05) is 36.4 Å². The second kappa shape index (κ2) is 7.48. The van der Waals surface area contributed by atoms with Crippen LogP contribution in [0.15, 0.2) is 53.4 Å². The van der Waals surface area contributed by atoms with E-state index in [0.29, 0.717) is 11.1 Å². The maximum absolute atomic E-state index is 12.7. The van der Waals surface area contributed by atoms with E-state index in [4.69, 9.17) is 0 Å². The highest BCUT2D eigenvalue weighted by atomic mass is 32.2. The topological polar surface area (TPSA) is 92.3 Å². The molecule has 0 fully saturated rings. The second-order valence-electron chi connectivity index (χ2n) is 5.68. The first-order valence-corrected chi connectivity index (χ1v) is 9.51. The Labute approximate surface area is 147 Å². The maximum atomic E-state index is 12.7. The molecule has 6 nitrogen and oxygen atoms in total. The minimum atomic E-state index is -3.44. The number of carbonyl (C=O) groups is 2. The minimum Gasteiger partial charge on any atom is -0.357 e. The summed E-state index contributed by atoms with van der Waals surface area (Å²) < 4.78 is 23.4. The van der Waals surface area contributed by atoms with E-state index < -0.39 is 21.8 Å². The number of nitrogens with one attached hydrogen (secondary N) is 2. The van der Waals surface area contributed by atoms with Crippen molar-refractivity contribution in [2.45, 2.75) is 17.9 Å². The van der Waals surface area contributed by atoms with E-state index in [1.807, 2.05) is 6.07 Å². The zero-order valence-corrected chi connectivity index (χ0v) is 15.1. The first-order valence-electron chi connectivity index (χ1n) is 7.62. The number of hydrogen-bond acceptors (Lipinski definition) is 4. The van der Waals surface area contributed by atoms with Crippen LogP contribution in [0.5, 0.6) is 0 Å². The Hall–Kier alpha value is -2.67. The van der Waals surface area contributed by atoms with Crippen LogP contribution in [0.3, 0.4) is 0 Å². The van der Waals surface area contributed by atoms with Crippen molar-refractivity contribution in [1.82, 2.24) is 10.6 Å². The maximum Gasteiger partial charge on any atom is 0.252 e. The van der Waals surface area contributed by atoms with E-state index in [1.54, 1.807) is 37.3 Å². The Morgan fingerprint density at radius 1 is 1.04 bits per heavy atom. The van der Waals surface area contributed by atoms with E-state index in [0.717, 1.165) is 6.26 Å². The molecule has 0 aromatic heterocycles. The highest BCUT2D eigenvalue weighted by Gasteiger charge is 2.23. The van der Waals surface area contributed by atoms with Gasteiger partial charge in [0.05, 0.1) is 4.90 Å². The number of amides is 2. The van der Waals surface area contributed by atoms with E-state index in [2.05, 4.69) is 10.6 Å². The average molecular weight is 360 g/mol. The molecule has 0 saturated heterocycles. The van der Waals surface area contributed by atoms with Gasteiger partial charge in [0, 0.05) is 18.9 Å². The molecule has 1 atom stereocenters. The molecule has 2 aromatic rings. The van der Waals surface area contributed by atoms with Crippen molar-refractivity contribution in [2.24, 2.45) is 0 Å². The molecule has 0 aliphatic heterocycles. The minimum absolute atomic E-state index is 0.0551. The van der Waals surface area contributed by atoms with Gasteiger partial charge in [-0.25, -0.2) is 8.42 Å². The van der Waals surface area contributed by atoms with Crippen LogP contribution in [0.4, 0.5) is 0 Å². The van der Waals surface area contributed by atoms with Crippen molar-refractivity contribution in [2.75, 3.05) is 13.3 Å². The van der Waals surface area contributed by atoms with Gasteiger partial charge in [-0.3, -0.25) is 9.59 Å².